The van der Waals surface area contributed by atoms with E-state index < -0.39 is 0 Å². The number of aryl methyl sites for hydroxylation is 3. The highest BCUT2D eigenvalue weighted by molar-refractivity contribution is 6.04. The van der Waals surface area contributed by atoms with E-state index in [2.05, 4.69) is 24.8 Å². The van der Waals surface area contributed by atoms with Crippen molar-refractivity contribution >= 4 is 17.5 Å². The quantitative estimate of drug-likeness (QED) is 0.597. The fraction of sp³-hybridized carbons (Fsp3) is 0.400. The summed E-state index contributed by atoms with van der Waals surface area (Å²) in [4.78, 5) is 40.5. The SMILES string of the molecule is Cc1nc(C2CCN(C(=O)CCCn3ccnc3C)CC2)ncc1C(=O)Nc1ccccc1. The summed E-state index contributed by atoms with van der Waals surface area (Å²) in [6.07, 6.45) is 8.38. The molecule has 1 aromatic carbocycles. The van der Waals surface area contributed by atoms with Crippen LogP contribution in [0.1, 0.15) is 59.3 Å². The van der Waals surface area contributed by atoms with E-state index in [4.69, 9.17) is 0 Å². The van der Waals surface area contributed by atoms with Crippen LogP contribution in [-0.4, -0.2) is 49.3 Å². The maximum Gasteiger partial charge on any atom is 0.259 e. The molecule has 172 valence electrons. The Kier molecular flexibility index (Phi) is 7.12. The molecule has 0 aliphatic carbocycles. The topological polar surface area (TPSA) is 93.0 Å². The Labute approximate surface area is 194 Å². The summed E-state index contributed by atoms with van der Waals surface area (Å²) in [7, 11) is 0. The van der Waals surface area contributed by atoms with Gasteiger partial charge in [-0.1, -0.05) is 18.2 Å². The van der Waals surface area contributed by atoms with Gasteiger partial charge in [0.2, 0.25) is 5.91 Å². The van der Waals surface area contributed by atoms with E-state index in [1.54, 1.807) is 12.4 Å². The summed E-state index contributed by atoms with van der Waals surface area (Å²) >= 11 is 0. The molecule has 0 saturated carbocycles. The van der Waals surface area contributed by atoms with Crippen molar-refractivity contribution < 1.29 is 9.59 Å². The van der Waals surface area contributed by atoms with E-state index in [0.29, 0.717) is 30.8 Å². The molecule has 2 amide bonds. The Morgan fingerprint density at radius 2 is 1.85 bits per heavy atom. The molecule has 1 aliphatic heterocycles. The number of hydrogen-bond donors (Lipinski definition) is 1. The second-order valence-electron chi connectivity index (χ2n) is 8.47. The Morgan fingerprint density at radius 3 is 2.52 bits per heavy atom. The van der Waals surface area contributed by atoms with Crippen LogP contribution in [0.25, 0.3) is 0 Å². The molecular weight excluding hydrogens is 416 g/mol. The Bertz CT molecular complexity index is 1100. The third-order valence-electron chi connectivity index (χ3n) is 6.20. The number of carbonyl (C=O) groups excluding carboxylic acids is 2. The molecule has 2 aromatic heterocycles. The van der Waals surface area contributed by atoms with Gasteiger partial charge in [0.1, 0.15) is 11.6 Å². The smallest absolute Gasteiger partial charge is 0.259 e. The highest BCUT2D eigenvalue weighted by Gasteiger charge is 2.26. The zero-order valence-corrected chi connectivity index (χ0v) is 19.2. The number of likely N-dealkylation sites (tertiary alicyclic amines) is 1. The van der Waals surface area contributed by atoms with Crippen LogP contribution in [0, 0.1) is 13.8 Å². The van der Waals surface area contributed by atoms with Crippen molar-refractivity contribution in [2.24, 2.45) is 0 Å². The summed E-state index contributed by atoms with van der Waals surface area (Å²) < 4.78 is 2.07. The third-order valence-corrected chi connectivity index (χ3v) is 6.20. The third kappa shape index (κ3) is 5.63. The van der Waals surface area contributed by atoms with Gasteiger partial charge in [-0.3, -0.25) is 9.59 Å². The predicted octanol–water partition coefficient (Wildman–Crippen LogP) is 3.73. The fourth-order valence-corrected chi connectivity index (χ4v) is 4.21. The van der Waals surface area contributed by atoms with Crippen LogP contribution in [0.3, 0.4) is 0 Å². The van der Waals surface area contributed by atoms with Crippen molar-refractivity contribution in [2.45, 2.75) is 52.0 Å². The lowest BCUT2D eigenvalue weighted by atomic mass is 9.95. The average molecular weight is 447 g/mol. The molecule has 0 radical (unpaired) electrons. The molecule has 1 fully saturated rings. The average Bonchev–Trinajstić information content (AvgIpc) is 3.24. The van der Waals surface area contributed by atoms with Crippen molar-refractivity contribution in [1.29, 1.82) is 0 Å². The summed E-state index contributed by atoms with van der Waals surface area (Å²) in [5, 5.41) is 2.88. The minimum absolute atomic E-state index is 0.201. The van der Waals surface area contributed by atoms with Gasteiger partial charge in [0.05, 0.1) is 11.3 Å². The minimum atomic E-state index is -0.212. The second-order valence-corrected chi connectivity index (χ2v) is 8.47. The molecule has 3 aromatic rings. The van der Waals surface area contributed by atoms with Gasteiger partial charge in [-0.05, 0) is 45.2 Å². The molecule has 4 rings (SSSR count). The molecule has 0 atom stereocenters. The summed E-state index contributed by atoms with van der Waals surface area (Å²) in [6, 6.07) is 9.34. The van der Waals surface area contributed by atoms with Gasteiger partial charge in [0.15, 0.2) is 0 Å². The molecule has 1 aliphatic rings. The molecule has 1 saturated heterocycles. The van der Waals surface area contributed by atoms with Crippen LogP contribution < -0.4 is 5.32 Å². The largest absolute Gasteiger partial charge is 0.343 e. The zero-order chi connectivity index (χ0) is 23.2. The fourth-order valence-electron chi connectivity index (χ4n) is 4.21. The summed E-state index contributed by atoms with van der Waals surface area (Å²) in [5.41, 5.74) is 1.88. The van der Waals surface area contributed by atoms with Crippen LogP contribution in [0.5, 0.6) is 0 Å². The van der Waals surface area contributed by atoms with Crippen LogP contribution in [0.15, 0.2) is 48.9 Å². The summed E-state index contributed by atoms with van der Waals surface area (Å²) in [5.74, 6) is 1.92. The number of carbonyl (C=O) groups is 2. The first-order valence-corrected chi connectivity index (χ1v) is 11.5. The van der Waals surface area contributed by atoms with Crippen molar-refractivity contribution in [3.8, 4) is 0 Å². The lowest BCUT2D eigenvalue weighted by Crippen LogP contribution is -2.38. The van der Waals surface area contributed by atoms with Gasteiger partial charge < -0.3 is 14.8 Å². The second kappa shape index (κ2) is 10.4. The van der Waals surface area contributed by atoms with Gasteiger partial charge in [-0.2, -0.15) is 0 Å². The molecule has 3 heterocycles. The maximum absolute atomic E-state index is 12.6. The predicted molar refractivity (Wildman–Crippen MR) is 126 cm³/mol. The van der Waals surface area contributed by atoms with E-state index in [-0.39, 0.29) is 17.7 Å². The lowest BCUT2D eigenvalue weighted by molar-refractivity contribution is -0.132. The number of aromatic nitrogens is 4. The van der Waals surface area contributed by atoms with Crippen molar-refractivity contribution in [2.75, 3.05) is 18.4 Å². The number of para-hydroxylation sites is 1. The molecule has 33 heavy (non-hydrogen) atoms. The Balaban J connectivity index is 1.27. The van der Waals surface area contributed by atoms with Crippen LogP contribution in [-0.2, 0) is 11.3 Å². The number of hydrogen-bond acceptors (Lipinski definition) is 5. The number of nitrogens with zero attached hydrogens (tertiary/aromatic N) is 5. The van der Waals surface area contributed by atoms with Gasteiger partial charge in [0.25, 0.3) is 5.91 Å². The number of amides is 2. The lowest BCUT2D eigenvalue weighted by Gasteiger charge is -2.31. The first-order chi connectivity index (χ1) is 16.0. The van der Waals surface area contributed by atoms with Crippen LogP contribution >= 0.6 is 0 Å². The molecule has 0 unspecified atom stereocenters. The molecule has 0 bridgehead atoms. The maximum atomic E-state index is 12.6. The molecule has 0 spiro atoms. The van der Waals surface area contributed by atoms with Gasteiger partial charge in [-0.25, -0.2) is 15.0 Å². The van der Waals surface area contributed by atoms with E-state index in [1.807, 2.05) is 55.3 Å². The van der Waals surface area contributed by atoms with Crippen molar-refractivity contribution in [1.82, 2.24) is 24.4 Å². The molecule has 8 nitrogen and oxygen atoms in total. The van der Waals surface area contributed by atoms with Crippen molar-refractivity contribution in [3.63, 3.8) is 0 Å². The standard InChI is InChI=1S/C25H30N6O2/c1-18-22(25(33)29-21-7-4-3-5-8-21)17-27-24(28-18)20-10-14-31(15-11-20)23(32)9-6-13-30-16-12-26-19(30)2/h3-5,7-8,12,16-17,20H,6,9-11,13-15H2,1-2H3,(H,29,33). The van der Waals surface area contributed by atoms with Crippen molar-refractivity contribution in [3.05, 3.63) is 71.8 Å². The Morgan fingerprint density at radius 1 is 1.09 bits per heavy atom. The van der Waals surface area contributed by atoms with Crippen LogP contribution in [0.4, 0.5) is 5.69 Å². The number of rotatable bonds is 7. The zero-order valence-electron chi connectivity index (χ0n) is 19.2. The van der Waals surface area contributed by atoms with E-state index in [0.717, 1.165) is 43.1 Å². The minimum Gasteiger partial charge on any atom is -0.343 e. The normalized spacial score (nSPS) is 14.3. The number of imidazole rings is 1. The number of anilines is 1. The molecule has 1 N–H and O–H groups in total. The first kappa shape index (κ1) is 22.6. The van der Waals surface area contributed by atoms with Gasteiger partial charge in [-0.15, -0.1) is 0 Å². The van der Waals surface area contributed by atoms with Crippen LogP contribution in [0.2, 0.25) is 0 Å². The highest BCUT2D eigenvalue weighted by atomic mass is 16.2. The number of benzene rings is 1. The van der Waals surface area contributed by atoms with E-state index in [9.17, 15) is 9.59 Å². The van der Waals surface area contributed by atoms with Gasteiger partial charge >= 0.3 is 0 Å². The molecular formula is C25H30N6O2. The monoisotopic (exact) mass is 446 g/mol. The Hall–Kier alpha value is -3.55. The summed E-state index contributed by atoms with van der Waals surface area (Å²) in [6.45, 7) is 6.05. The molecule has 8 heteroatoms. The van der Waals surface area contributed by atoms with E-state index in [1.165, 1.54) is 0 Å². The number of nitrogens with one attached hydrogen (secondary N) is 1. The van der Waals surface area contributed by atoms with E-state index >= 15 is 0 Å². The number of piperidine rings is 1. The highest BCUT2D eigenvalue weighted by Crippen LogP contribution is 2.26. The first-order valence-electron chi connectivity index (χ1n) is 11.5. The van der Waals surface area contributed by atoms with Gasteiger partial charge in [0, 0.05) is 56.3 Å².